The van der Waals surface area contributed by atoms with E-state index in [2.05, 4.69) is 19.1 Å². The zero-order chi connectivity index (χ0) is 15.0. The van der Waals surface area contributed by atoms with E-state index in [-0.39, 0.29) is 0 Å². The van der Waals surface area contributed by atoms with Crippen molar-refractivity contribution < 1.29 is 0 Å². The van der Waals surface area contributed by atoms with Crippen LogP contribution in [0.3, 0.4) is 0 Å². The number of benzene rings is 2. The third-order valence-corrected chi connectivity index (χ3v) is 5.08. The van der Waals surface area contributed by atoms with Gasteiger partial charge in [-0.25, -0.2) is 0 Å². The van der Waals surface area contributed by atoms with Gasteiger partial charge in [0.05, 0.1) is 10.0 Å². The molecule has 1 saturated carbocycles. The minimum atomic E-state index is 0.574. The SMILES string of the molecule is C[C@@H](Cc1cc(N)cc(-c2cccc(Cl)c2Cl)c1)C1CC1. The van der Waals surface area contributed by atoms with E-state index in [0.717, 1.165) is 35.1 Å². The van der Waals surface area contributed by atoms with Gasteiger partial charge in [0, 0.05) is 11.3 Å². The Kier molecular flexibility index (Phi) is 4.14. The summed E-state index contributed by atoms with van der Waals surface area (Å²) >= 11 is 12.4. The molecule has 110 valence electrons. The molecular weight excluding hydrogens is 301 g/mol. The fourth-order valence-corrected chi connectivity index (χ4v) is 3.33. The molecule has 0 unspecified atom stereocenters. The van der Waals surface area contributed by atoms with Gasteiger partial charge in [-0.05, 0) is 60.4 Å². The van der Waals surface area contributed by atoms with Gasteiger partial charge in [0.15, 0.2) is 0 Å². The first-order valence-corrected chi connectivity index (χ1v) is 8.14. The van der Waals surface area contributed by atoms with Gasteiger partial charge in [0.25, 0.3) is 0 Å². The number of anilines is 1. The molecule has 0 heterocycles. The zero-order valence-corrected chi connectivity index (χ0v) is 13.6. The number of rotatable bonds is 4. The van der Waals surface area contributed by atoms with Gasteiger partial charge < -0.3 is 5.73 Å². The van der Waals surface area contributed by atoms with Gasteiger partial charge in [0.1, 0.15) is 0 Å². The van der Waals surface area contributed by atoms with Crippen LogP contribution in [0.25, 0.3) is 11.1 Å². The van der Waals surface area contributed by atoms with Crippen molar-refractivity contribution in [3.05, 3.63) is 52.0 Å². The van der Waals surface area contributed by atoms with E-state index in [1.165, 1.54) is 18.4 Å². The van der Waals surface area contributed by atoms with Crippen LogP contribution in [-0.2, 0) is 6.42 Å². The molecule has 0 amide bonds. The van der Waals surface area contributed by atoms with Crippen LogP contribution in [0.5, 0.6) is 0 Å². The molecule has 21 heavy (non-hydrogen) atoms. The van der Waals surface area contributed by atoms with Crippen LogP contribution in [0, 0.1) is 11.8 Å². The Balaban J connectivity index is 1.95. The van der Waals surface area contributed by atoms with Crippen LogP contribution in [0.4, 0.5) is 5.69 Å². The highest BCUT2D eigenvalue weighted by molar-refractivity contribution is 6.43. The van der Waals surface area contributed by atoms with Gasteiger partial charge in [-0.15, -0.1) is 0 Å². The van der Waals surface area contributed by atoms with Crippen LogP contribution >= 0.6 is 23.2 Å². The number of nitrogens with two attached hydrogens (primary N) is 1. The van der Waals surface area contributed by atoms with E-state index in [1.807, 2.05) is 18.2 Å². The molecule has 1 aliphatic carbocycles. The van der Waals surface area contributed by atoms with Crippen molar-refractivity contribution in [1.82, 2.24) is 0 Å². The second-order valence-corrected chi connectivity index (χ2v) is 6.87. The summed E-state index contributed by atoms with van der Waals surface area (Å²) < 4.78 is 0. The number of halogens is 2. The first-order chi connectivity index (χ1) is 10.0. The van der Waals surface area contributed by atoms with Crippen LogP contribution in [0.15, 0.2) is 36.4 Å². The van der Waals surface area contributed by atoms with Crippen molar-refractivity contribution >= 4 is 28.9 Å². The predicted octanol–water partition coefficient (Wildman–Crippen LogP) is 5.83. The summed E-state index contributed by atoms with van der Waals surface area (Å²) in [6.45, 7) is 2.33. The average molecular weight is 320 g/mol. The molecule has 0 spiro atoms. The number of nitrogen functional groups attached to an aromatic ring is 1. The van der Waals surface area contributed by atoms with E-state index >= 15 is 0 Å². The highest BCUT2D eigenvalue weighted by Gasteiger charge is 2.27. The standard InChI is InChI=1S/C18H19Cl2N/c1-11(13-5-6-13)7-12-8-14(10-15(21)9-12)16-3-2-4-17(19)18(16)20/h2-4,8-11,13H,5-7,21H2,1H3/t11-/m0/s1. The second-order valence-electron chi connectivity index (χ2n) is 6.08. The van der Waals surface area contributed by atoms with Crippen molar-refractivity contribution in [2.75, 3.05) is 5.73 Å². The Bertz CT molecular complexity index is 662. The Morgan fingerprint density at radius 1 is 1.19 bits per heavy atom. The monoisotopic (exact) mass is 319 g/mol. The molecular formula is C18H19Cl2N. The minimum absolute atomic E-state index is 0.574. The van der Waals surface area contributed by atoms with Crippen molar-refractivity contribution in [2.45, 2.75) is 26.2 Å². The molecule has 0 aromatic heterocycles. The minimum Gasteiger partial charge on any atom is -0.399 e. The lowest BCUT2D eigenvalue weighted by Crippen LogP contribution is -2.03. The molecule has 0 bridgehead atoms. The zero-order valence-electron chi connectivity index (χ0n) is 12.1. The Hall–Kier alpha value is -1.18. The van der Waals surface area contributed by atoms with Crippen LogP contribution in [-0.4, -0.2) is 0 Å². The fraction of sp³-hybridized carbons (Fsp3) is 0.333. The predicted molar refractivity (Wildman–Crippen MR) is 91.9 cm³/mol. The van der Waals surface area contributed by atoms with E-state index in [1.54, 1.807) is 6.07 Å². The van der Waals surface area contributed by atoms with Gasteiger partial charge >= 0.3 is 0 Å². The summed E-state index contributed by atoms with van der Waals surface area (Å²) in [5.74, 6) is 1.61. The summed E-state index contributed by atoms with van der Waals surface area (Å²) in [4.78, 5) is 0. The van der Waals surface area contributed by atoms with E-state index in [9.17, 15) is 0 Å². The maximum absolute atomic E-state index is 6.33. The Labute approximate surface area is 136 Å². The smallest absolute Gasteiger partial charge is 0.0670 e. The van der Waals surface area contributed by atoms with Gasteiger partial charge in [-0.2, -0.15) is 0 Å². The second kappa shape index (κ2) is 5.90. The molecule has 0 aliphatic heterocycles. The molecule has 2 N–H and O–H groups in total. The van der Waals surface area contributed by atoms with Crippen LogP contribution in [0.1, 0.15) is 25.3 Å². The van der Waals surface area contributed by atoms with Crippen molar-refractivity contribution in [3.63, 3.8) is 0 Å². The van der Waals surface area contributed by atoms with Crippen molar-refractivity contribution in [3.8, 4) is 11.1 Å². The van der Waals surface area contributed by atoms with E-state index in [4.69, 9.17) is 28.9 Å². The third kappa shape index (κ3) is 3.36. The average Bonchev–Trinajstić information content (AvgIpc) is 3.25. The molecule has 1 fully saturated rings. The lowest BCUT2D eigenvalue weighted by atomic mass is 9.94. The number of hydrogen-bond donors (Lipinski definition) is 1. The highest BCUT2D eigenvalue weighted by atomic mass is 35.5. The van der Waals surface area contributed by atoms with E-state index in [0.29, 0.717) is 10.0 Å². The van der Waals surface area contributed by atoms with Crippen molar-refractivity contribution in [1.29, 1.82) is 0 Å². The largest absolute Gasteiger partial charge is 0.399 e. The lowest BCUT2D eigenvalue weighted by molar-refractivity contribution is 0.507. The van der Waals surface area contributed by atoms with Gasteiger partial charge in [-0.1, -0.05) is 48.3 Å². The maximum Gasteiger partial charge on any atom is 0.0670 e. The molecule has 1 nitrogen and oxygen atoms in total. The molecule has 2 aromatic carbocycles. The van der Waals surface area contributed by atoms with Crippen molar-refractivity contribution in [2.24, 2.45) is 11.8 Å². The topological polar surface area (TPSA) is 26.0 Å². The Morgan fingerprint density at radius 3 is 2.67 bits per heavy atom. The third-order valence-electron chi connectivity index (χ3n) is 4.26. The molecule has 1 atom stereocenters. The molecule has 1 aliphatic rings. The Morgan fingerprint density at radius 2 is 1.95 bits per heavy atom. The molecule has 0 saturated heterocycles. The summed E-state index contributed by atoms with van der Waals surface area (Å²) in [6.07, 6.45) is 3.81. The van der Waals surface area contributed by atoms with Gasteiger partial charge in [-0.3, -0.25) is 0 Å². The molecule has 2 aromatic rings. The normalized spacial score (nSPS) is 16.0. The maximum atomic E-state index is 6.33. The quantitative estimate of drug-likeness (QED) is 0.705. The summed E-state index contributed by atoms with van der Waals surface area (Å²) in [6, 6.07) is 11.9. The molecule has 3 rings (SSSR count). The number of hydrogen-bond acceptors (Lipinski definition) is 1. The molecule has 0 radical (unpaired) electrons. The first-order valence-electron chi connectivity index (χ1n) is 7.38. The summed E-state index contributed by atoms with van der Waals surface area (Å²) in [7, 11) is 0. The van der Waals surface area contributed by atoms with Crippen LogP contribution in [0.2, 0.25) is 10.0 Å². The fourth-order valence-electron chi connectivity index (χ4n) is 2.92. The van der Waals surface area contributed by atoms with Crippen LogP contribution < -0.4 is 5.73 Å². The lowest BCUT2D eigenvalue weighted by Gasteiger charge is -2.13. The first kappa shape index (κ1) is 14.7. The summed E-state index contributed by atoms with van der Waals surface area (Å²) in [5.41, 5.74) is 10.1. The summed E-state index contributed by atoms with van der Waals surface area (Å²) in [5, 5.41) is 1.16. The van der Waals surface area contributed by atoms with E-state index < -0.39 is 0 Å². The van der Waals surface area contributed by atoms with Gasteiger partial charge in [0.2, 0.25) is 0 Å². The highest BCUT2D eigenvalue weighted by Crippen LogP contribution is 2.39. The molecule has 3 heteroatoms.